The van der Waals surface area contributed by atoms with Crippen molar-refractivity contribution in [3.05, 3.63) is 58.9 Å². The van der Waals surface area contributed by atoms with Gasteiger partial charge in [-0.3, -0.25) is 10.1 Å². The number of aromatic nitrogens is 2. The molecule has 1 unspecified atom stereocenters. The first kappa shape index (κ1) is 20.0. The van der Waals surface area contributed by atoms with Crippen molar-refractivity contribution < 1.29 is 14.3 Å². The molecule has 1 aliphatic carbocycles. The summed E-state index contributed by atoms with van der Waals surface area (Å²) < 4.78 is 15.2. The van der Waals surface area contributed by atoms with Gasteiger partial charge in [0.25, 0.3) is 0 Å². The first-order chi connectivity index (χ1) is 14.3. The van der Waals surface area contributed by atoms with Gasteiger partial charge in [0.2, 0.25) is 11.9 Å². The maximum atomic E-state index is 13.2. The van der Waals surface area contributed by atoms with Crippen LogP contribution in [0.2, 0.25) is 0 Å². The molecule has 6 nitrogen and oxygen atoms in total. The Kier molecular flexibility index (Phi) is 5.04. The normalized spacial score (nSPS) is 16.0. The second-order valence-electron chi connectivity index (χ2n) is 8.16. The van der Waals surface area contributed by atoms with E-state index in [0.29, 0.717) is 17.1 Å². The van der Waals surface area contributed by atoms with Gasteiger partial charge in [-0.1, -0.05) is 12.1 Å². The number of rotatable bonds is 5. The van der Waals surface area contributed by atoms with Crippen molar-refractivity contribution in [2.45, 2.75) is 51.2 Å². The van der Waals surface area contributed by atoms with E-state index < -0.39 is 17.3 Å². The number of carbonyl (C=O) groups is 1. The number of anilines is 1. The van der Waals surface area contributed by atoms with Gasteiger partial charge in [0.1, 0.15) is 5.82 Å². The molecule has 7 heteroatoms. The summed E-state index contributed by atoms with van der Waals surface area (Å²) in [6, 6.07) is 11.6. The molecule has 0 radical (unpaired) electrons. The lowest BCUT2D eigenvalue weighted by Gasteiger charge is -2.29. The highest BCUT2D eigenvalue weighted by Crippen LogP contribution is 2.38. The van der Waals surface area contributed by atoms with Crippen LogP contribution in [0.3, 0.4) is 0 Å². The zero-order valence-electron chi connectivity index (χ0n) is 16.9. The summed E-state index contributed by atoms with van der Waals surface area (Å²) in [7, 11) is 0. The third-order valence-electron chi connectivity index (χ3n) is 5.82. The number of fused-ring (bicyclic) bond motifs is 1. The van der Waals surface area contributed by atoms with Crippen molar-refractivity contribution in [1.29, 1.82) is 5.26 Å². The summed E-state index contributed by atoms with van der Waals surface area (Å²) in [5.74, 6) is -0.373. The zero-order valence-corrected chi connectivity index (χ0v) is 16.9. The number of hydrogen-bond acceptors (Lipinski definition) is 4. The van der Waals surface area contributed by atoms with Crippen LogP contribution in [0.25, 0.3) is 11.0 Å². The number of hydrogen-bond donors (Lipinski definition) is 2. The quantitative estimate of drug-likeness (QED) is 0.660. The van der Waals surface area contributed by atoms with Gasteiger partial charge in [0.15, 0.2) is 0 Å². The Morgan fingerprint density at radius 2 is 2.07 bits per heavy atom. The minimum Gasteiger partial charge on any atom is -0.385 e. The van der Waals surface area contributed by atoms with Crippen molar-refractivity contribution in [2.75, 3.05) is 5.32 Å². The van der Waals surface area contributed by atoms with Gasteiger partial charge in [0, 0.05) is 6.04 Å². The fourth-order valence-corrected chi connectivity index (χ4v) is 3.86. The van der Waals surface area contributed by atoms with Gasteiger partial charge < -0.3 is 9.67 Å². The number of halogens is 1. The Morgan fingerprint density at radius 3 is 2.67 bits per heavy atom. The minimum atomic E-state index is -1.45. The van der Waals surface area contributed by atoms with Crippen LogP contribution in [0.1, 0.15) is 55.3 Å². The molecule has 1 aliphatic rings. The first-order valence-corrected chi connectivity index (χ1v) is 9.99. The number of nitriles is 1. The first-order valence-electron chi connectivity index (χ1n) is 9.99. The molecule has 1 atom stereocenters. The zero-order chi connectivity index (χ0) is 21.5. The standard InChI is InChI=1S/C23H23FN4O2/c1-14-10-19-20(11-15(14)13-25)28(18-4-3-5-18)22(26-19)27-21(29)12-23(2,30)16-6-8-17(24)9-7-16/h6-11,18,30H,3-5,12H2,1-2H3,(H,26,27,29). The fourth-order valence-electron chi connectivity index (χ4n) is 3.86. The van der Waals surface area contributed by atoms with Crippen LogP contribution in [-0.2, 0) is 10.4 Å². The van der Waals surface area contributed by atoms with Crippen molar-refractivity contribution in [3.63, 3.8) is 0 Å². The Hall–Kier alpha value is -3.24. The topological polar surface area (TPSA) is 90.9 Å². The number of nitrogens with one attached hydrogen (secondary N) is 1. The molecule has 1 saturated carbocycles. The summed E-state index contributed by atoms with van der Waals surface area (Å²) in [5.41, 5.74) is 1.97. The summed E-state index contributed by atoms with van der Waals surface area (Å²) in [5, 5.41) is 23.0. The SMILES string of the molecule is Cc1cc2nc(NC(=O)CC(C)(O)c3ccc(F)cc3)n(C3CCC3)c2cc1C#N. The Balaban J connectivity index is 1.63. The van der Waals surface area contributed by atoms with E-state index in [9.17, 15) is 19.6 Å². The molecule has 1 fully saturated rings. The Bertz CT molecular complexity index is 1150. The molecule has 1 aromatic heterocycles. The molecule has 0 spiro atoms. The number of aliphatic hydroxyl groups is 1. The van der Waals surface area contributed by atoms with Crippen molar-refractivity contribution in [1.82, 2.24) is 9.55 Å². The predicted molar refractivity (Wildman–Crippen MR) is 111 cm³/mol. The van der Waals surface area contributed by atoms with Crippen LogP contribution in [0.4, 0.5) is 10.3 Å². The second kappa shape index (κ2) is 7.54. The number of benzene rings is 2. The molecule has 4 rings (SSSR count). The van der Waals surface area contributed by atoms with E-state index in [2.05, 4.69) is 16.4 Å². The van der Waals surface area contributed by atoms with Gasteiger partial charge in [-0.2, -0.15) is 5.26 Å². The molecule has 154 valence electrons. The molecule has 1 amide bonds. The smallest absolute Gasteiger partial charge is 0.229 e. The van der Waals surface area contributed by atoms with Gasteiger partial charge in [-0.05, 0) is 68.5 Å². The third kappa shape index (κ3) is 3.66. The van der Waals surface area contributed by atoms with Crippen molar-refractivity contribution in [3.8, 4) is 6.07 Å². The highest BCUT2D eigenvalue weighted by Gasteiger charge is 2.29. The van der Waals surface area contributed by atoms with Gasteiger partial charge in [-0.25, -0.2) is 9.37 Å². The van der Waals surface area contributed by atoms with Crippen LogP contribution in [0, 0.1) is 24.1 Å². The Labute approximate surface area is 174 Å². The summed E-state index contributed by atoms with van der Waals surface area (Å²) in [6.45, 7) is 3.38. The summed E-state index contributed by atoms with van der Waals surface area (Å²) in [4.78, 5) is 17.4. The molecule has 0 aliphatic heterocycles. The van der Waals surface area contributed by atoms with E-state index in [1.165, 1.54) is 31.2 Å². The van der Waals surface area contributed by atoms with Crippen LogP contribution in [0.15, 0.2) is 36.4 Å². The number of nitrogens with zero attached hydrogens (tertiary/aromatic N) is 3. The Morgan fingerprint density at radius 1 is 1.37 bits per heavy atom. The molecule has 3 aromatic rings. The highest BCUT2D eigenvalue weighted by atomic mass is 19.1. The third-order valence-corrected chi connectivity index (χ3v) is 5.82. The van der Waals surface area contributed by atoms with E-state index in [0.717, 1.165) is 35.9 Å². The molecule has 0 saturated heterocycles. The lowest BCUT2D eigenvalue weighted by atomic mass is 9.92. The van der Waals surface area contributed by atoms with Gasteiger partial charge in [-0.15, -0.1) is 0 Å². The molecule has 2 aromatic carbocycles. The van der Waals surface area contributed by atoms with E-state index in [-0.39, 0.29) is 12.5 Å². The molecule has 0 bridgehead atoms. The van der Waals surface area contributed by atoms with E-state index in [1.54, 1.807) is 0 Å². The predicted octanol–water partition coefficient (Wildman–Crippen LogP) is 4.32. The molecule has 2 N–H and O–H groups in total. The molecule has 30 heavy (non-hydrogen) atoms. The van der Waals surface area contributed by atoms with Crippen LogP contribution in [-0.4, -0.2) is 20.6 Å². The maximum absolute atomic E-state index is 13.2. The van der Waals surface area contributed by atoms with E-state index >= 15 is 0 Å². The number of imidazole rings is 1. The molecular weight excluding hydrogens is 383 g/mol. The molecular formula is C23H23FN4O2. The van der Waals surface area contributed by atoms with Crippen molar-refractivity contribution >= 4 is 22.9 Å². The van der Waals surface area contributed by atoms with Gasteiger partial charge in [0.05, 0.1) is 34.7 Å². The fraction of sp³-hybridized carbons (Fsp3) is 0.348. The lowest BCUT2D eigenvalue weighted by molar-refractivity contribution is -0.120. The largest absolute Gasteiger partial charge is 0.385 e. The number of carbonyl (C=O) groups excluding carboxylic acids is 1. The van der Waals surface area contributed by atoms with Crippen molar-refractivity contribution in [2.24, 2.45) is 0 Å². The van der Waals surface area contributed by atoms with E-state index in [4.69, 9.17) is 0 Å². The highest BCUT2D eigenvalue weighted by molar-refractivity contribution is 5.92. The van der Waals surface area contributed by atoms with Gasteiger partial charge >= 0.3 is 0 Å². The average Bonchev–Trinajstić information content (AvgIpc) is 2.96. The second-order valence-corrected chi connectivity index (χ2v) is 8.16. The van der Waals surface area contributed by atoms with E-state index in [1.807, 2.05) is 23.6 Å². The lowest BCUT2D eigenvalue weighted by Crippen LogP contribution is -2.30. The van der Waals surface area contributed by atoms with Crippen LogP contribution < -0.4 is 5.32 Å². The monoisotopic (exact) mass is 406 g/mol. The maximum Gasteiger partial charge on any atom is 0.229 e. The molecule has 1 heterocycles. The number of amides is 1. The number of aryl methyl sites for hydroxylation is 1. The summed E-state index contributed by atoms with van der Waals surface area (Å²) >= 11 is 0. The van der Waals surface area contributed by atoms with Crippen LogP contribution >= 0.6 is 0 Å². The van der Waals surface area contributed by atoms with Crippen LogP contribution in [0.5, 0.6) is 0 Å². The average molecular weight is 406 g/mol. The minimum absolute atomic E-state index is 0.199. The summed E-state index contributed by atoms with van der Waals surface area (Å²) in [6.07, 6.45) is 2.87.